The maximum absolute atomic E-state index is 5.00. The molecule has 0 saturated heterocycles. The molecule has 0 spiro atoms. The van der Waals surface area contributed by atoms with Crippen LogP contribution >= 0.6 is 0 Å². The number of rotatable bonds is 6. The Labute approximate surface area is 245 Å². The van der Waals surface area contributed by atoms with Gasteiger partial charge in [0, 0.05) is 29.1 Å². The molecule has 7 aromatic rings. The second-order valence-electron chi connectivity index (χ2n) is 10.2. The molecule has 3 nitrogen and oxygen atoms in total. The van der Waals surface area contributed by atoms with Crippen molar-refractivity contribution in [3.63, 3.8) is 0 Å². The van der Waals surface area contributed by atoms with Gasteiger partial charge < -0.3 is 0 Å². The summed E-state index contributed by atoms with van der Waals surface area (Å²) in [6.45, 7) is 0. The minimum atomic E-state index is 0.713. The second kappa shape index (κ2) is 11.4. The van der Waals surface area contributed by atoms with E-state index in [0.717, 1.165) is 44.8 Å². The molecule has 0 atom stereocenters. The van der Waals surface area contributed by atoms with Gasteiger partial charge >= 0.3 is 0 Å². The van der Waals surface area contributed by atoms with Crippen molar-refractivity contribution in [3.05, 3.63) is 164 Å². The molecule has 0 amide bonds. The monoisotopic (exact) mass is 537 g/mol. The molecule has 0 aliphatic carbocycles. The van der Waals surface area contributed by atoms with E-state index in [9.17, 15) is 0 Å². The molecule has 42 heavy (non-hydrogen) atoms. The third kappa shape index (κ3) is 5.36. The Hall–Kier alpha value is -5.67. The first-order valence-electron chi connectivity index (χ1n) is 14.0. The van der Waals surface area contributed by atoms with Gasteiger partial charge in [0.05, 0.1) is 11.4 Å². The van der Waals surface area contributed by atoms with E-state index in [-0.39, 0.29) is 0 Å². The highest BCUT2D eigenvalue weighted by molar-refractivity contribution is 5.76. The summed E-state index contributed by atoms with van der Waals surface area (Å²) < 4.78 is 0. The average molecular weight is 538 g/mol. The highest BCUT2D eigenvalue weighted by Gasteiger charge is 2.11. The first-order valence-corrected chi connectivity index (χ1v) is 14.0. The fraction of sp³-hybridized carbons (Fsp3) is 0. The predicted octanol–water partition coefficient (Wildman–Crippen LogP) is 9.87. The number of benzene rings is 5. The van der Waals surface area contributed by atoms with Gasteiger partial charge in [-0.15, -0.1) is 0 Å². The number of hydrogen-bond acceptors (Lipinski definition) is 3. The van der Waals surface area contributed by atoms with Crippen LogP contribution in [0.25, 0.3) is 67.3 Å². The summed E-state index contributed by atoms with van der Waals surface area (Å²) in [7, 11) is 0. The zero-order chi connectivity index (χ0) is 28.1. The first kappa shape index (κ1) is 25.3. The van der Waals surface area contributed by atoms with Crippen molar-refractivity contribution in [2.24, 2.45) is 0 Å². The summed E-state index contributed by atoms with van der Waals surface area (Å²) in [6.07, 6.45) is 3.69. The van der Waals surface area contributed by atoms with Crippen LogP contribution in [0.4, 0.5) is 0 Å². The molecule has 2 heterocycles. The van der Waals surface area contributed by atoms with Gasteiger partial charge in [0.15, 0.2) is 5.82 Å². The van der Waals surface area contributed by atoms with Crippen molar-refractivity contribution >= 4 is 0 Å². The Morgan fingerprint density at radius 3 is 1.14 bits per heavy atom. The quantitative estimate of drug-likeness (QED) is 0.212. The molecular weight excluding hydrogens is 510 g/mol. The number of aromatic nitrogens is 3. The summed E-state index contributed by atoms with van der Waals surface area (Å²) in [4.78, 5) is 14.2. The van der Waals surface area contributed by atoms with Gasteiger partial charge in [-0.05, 0) is 45.5 Å². The average Bonchev–Trinajstić information content (AvgIpc) is 3.09. The van der Waals surface area contributed by atoms with E-state index in [1.165, 1.54) is 16.7 Å². The van der Waals surface area contributed by atoms with Gasteiger partial charge in [-0.25, -0.2) is 9.97 Å². The Kier molecular flexibility index (Phi) is 6.89. The highest BCUT2D eigenvalue weighted by atomic mass is 14.9. The molecule has 0 bridgehead atoms. The number of nitrogens with zero attached hydrogens (tertiary/aromatic N) is 3. The van der Waals surface area contributed by atoms with E-state index < -0.39 is 0 Å². The standard InChI is InChI=1S/C39H27N3/c1-3-8-28(9-4-1)29-17-21-33(22-18-29)37-26-38(42-39(41-37)35-10-5-2-6-11-35)34-23-19-31(20-24-34)30-13-15-32(16-14-30)36-12-7-25-40-27-36/h1-27H. The van der Waals surface area contributed by atoms with Crippen molar-refractivity contribution in [1.82, 2.24) is 15.0 Å². The van der Waals surface area contributed by atoms with Crippen LogP contribution in [0.3, 0.4) is 0 Å². The third-order valence-corrected chi connectivity index (χ3v) is 7.44. The maximum atomic E-state index is 5.00. The molecule has 5 aromatic carbocycles. The molecule has 0 aliphatic rings. The summed E-state index contributed by atoms with van der Waals surface area (Å²) in [5.74, 6) is 0.713. The number of pyridine rings is 1. The summed E-state index contributed by atoms with van der Waals surface area (Å²) in [5, 5.41) is 0. The molecule has 0 N–H and O–H groups in total. The van der Waals surface area contributed by atoms with Crippen LogP contribution in [0.1, 0.15) is 0 Å². The Morgan fingerprint density at radius 2 is 0.690 bits per heavy atom. The molecule has 198 valence electrons. The lowest BCUT2D eigenvalue weighted by molar-refractivity contribution is 1.18. The van der Waals surface area contributed by atoms with Crippen LogP contribution in [-0.2, 0) is 0 Å². The maximum Gasteiger partial charge on any atom is 0.160 e. The van der Waals surface area contributed by atoms with Crippen LogP contribution in [0.2, 0.25) is 0 Å². The molecule has 2 aromatic heterocycles. The van der Waals surface area contributed by atoms with E-state index in [1.807, 2.05) is 36.5 Å². The second-order valence-corrected chi connectivity index (χ2v) is 10.2. The van der Waals surface area contributed by atoms with Gasteiger partial charge in [-0.2, -0.15) is 0 Å². The van der Waals surface area contributed by atoms with Gasteiger partial charge in [0.1, 0.15) is 0 Å². The minimum absolute atomic E-state index is 0.713. The van der Waals surface area contributed by atoms with Crippen molar-refractivity contribution in [2.75, 3.05) is 0 Å². The Bertz CT molecular complexity index is 1920. The van der Waals surface area contributed by atoms with E-state index >= 15 is 0 Å². The van der Waals surface area contributed by atoms with Crippen LogP contribution in [0.5, 0.6) is 0 Å². The van der Waals surface area contributed by atoms with Crippen LogP contribution in [-0.4, -0.2) is 15.0 Å². The van der Waals surface area contributed by atoms with E-state index in [4.69, 9.17) is 9.97 Å². The first-order chi connectivity index (χ1) is 20.8. The van der Waals surface area contributed by atoms with Crippen molar-refractivity contribution < 1.29 is 0 Å². The fourth-order valence-corrected chi connectivity index (χ4v) is 5.15. The van der Waals surface area contributed by atoms with Gasteiger partial charge in [0.25, 0.3) is 0 Å². The largest absolute Gasteiger partial charge is 0.264 e. The molecule has 0 fully saturated rings. The lowest BCUT2D eigenvalue weighted by atomic mass is 9.99. The summed E-state index contributed by atoms with van der Waals surface area (Å²) in [5.41, 5.74) is 11.9. The fourth-order valence-electron chi connectivity index (χ4n) is 5.15. The van der Waals surface area contributed by atoms with Gasteiger partial charge in [-0.3, -0.25) is 4.98 Å². The van der Waals surface area contributed by atoms with Gasteiger partial charge in [-0.1, -0.05) is 140 Å². The van der Waals surface area contributed by atoms with E-state index in [2.05, 4.69) is 126 Å². The molecule has 7 rings (SSSR count). The minimum Gasteiger partial charge on any atom is -0.264 e. The van der Waals surface area contributed by atoms with Crippen molar-refractivity contribution in [3.8, 4) is 67.3 Å². The Balaban J connectivity index is 1.22. The third-order valence-electron chi connectivity index (χ3n) is 7.44. The SMILES string of the molecule is c1ccc(-c2ccc(-c3cc(-c4ccc(-c5ccc(-c6cccnc6)cc5)cc4)nc(-c4ccccc4)n3)cc2)cc1. The zero-order valence-corrected chi connectivity index (χ0v) is 22.9. The lowest BCUT2D eigenvalue weighted by Gasteiger charge is -2.11. The molecule has 0 aliphatic heterocycles. The highest BCUT2D eigenvalue weighted by Crippen LogP contribution is 2.31. The van der Waals surface area contributed by atoms with Gasteiger partial charge in [0.2, 0.25) is 0 Å². The van der Waals surface area contributed by atoms with Crippen LogP contribution < -0.4 is 0 Å². The van der Waals surface area contributed by atoms with E-state index in [0.29, 0.717) is 5.82 Å². The number of hydrogen-bond donors (Lipinski definition) is 0. The molecule has 0 saturated carbocycles. The van der Waals surface area contributed by atoms with Crippen molar-refractivity contribution in [1.29, 1.82) is 0 Å². The van der Waals surface area contributed by atoms with Crippen LogP contribution in [0, 0.1) is 0 Å². The Morgan fingerprint density at radius 1 is 0.310 bits per heavy atom. The van der Waals surface area contributed by atoms with Crippen molar-refractivity contribution in [2.45, 2.75) is 0 Å². The topological polar surface area (TPSA) is 38.7 Å². The van der Waals surface area contributed by atoms with E-state index in [1.54, 1.807) is 6.20 Å². The predicted molar refractivity (Wildman–Crippen MR) is 172 cm³/mol. The molecule has 3 heteroatoms. The smallest absolute Gasteiger partial charge is 0.160 e. The summed E-state index contributed by atoms with van der Waals surface area (Å²) in [6, 6.07) is 52.5. The normalized spacial score (nSPS) is 10.9. The summed E-state index contributed by atoms with van der Waals surface area (Å²) >= 11 is 0. The molecule has 0 unspecified atom stereocenters. The molecule has 0 radical (unpaired) electrons. The zero-order valence-electron chi connectivity index (χ0n) is 22.9. The van der Waals surface area contributed by atoms with Crippen LogP contribution in [0.15, 0.2) is 164 Å². The lowest BCUT2D eigenvalue weighted by Crippen LogP contribution is -1.96. The molecular formula is C39H27N3.